The Labute approximate surface area is 205 Å². The molecule has 3 rings (SSSR count). The Morgan fingerprint density at radius 2 is 1.54 bits per heavy atom. The van der Waals surface area contributed by atoms with Crippen LogP contribution in [0.5, 0.6) is 17.2 Å². The number of hydrogen-bond acceptors (Lipinski definition) is 7. The quantitative estimate of drug-likeness (QED) is 0.516. The third-order valence-corrected chi connectivity index (χ3v) is 5.92. The minimum Gasteiger partial charge on any atom is -0.493 e. The molecule has 0 heterocycles. The first-order valence-electron chi connectivity index (χ1n) is 11.6. The largest absolute Gasteiger partial charge is 0.493 e. The van der Waals surface area contributed by atoms with Crippen LogP contribution in [-0.4, -0.2) is 58.3 Å². The third-order valence-electron chi connectivity index (χ3n) is 5.92. The predicted octanol–water partition coefficient (Wildman–Crippen LogP) is 3.35. The van der Waals surface area contributed by atoms with Crippen LogP contribution >= 0.6 is 0 Å². The fraction of sp³-hybridized carbons (Fsp3) is 0.423. The van der Waals surface area contributed by atoms with Crippen LogP contribution in [0.15, 0.2) is 42.5 Å². The van der Waals surface area contributed by atoms with Gasteiger partial charge in [0, 0.05) is 17.3 Å². The van der Waals surface area contributed by atoms with E-state index < -0.39 is 25.0 Å². The van der Waals surface area contributed by atoms with Crippen molar-refractivity contribution in [3.8, 4) is 17.2 Å². The number of carbonyl (C=O) groups excluding carboxylic acids is 3. The second-order valence-electron chi connectivity index (χ2n) is 8.15. The Kier molecular flexibility index (Phi) is 9.34. The smallest absolute Gasteiger partial charge is 0.325 e. The molecule has 0 atom stereocenters. The number of esters is 1. The van der Waals surface area contributed by atoms with E-state index in [1.807, 2.05) is 30.3 Å². The van der Waals surface area contributed by atoms with Crippen molar-refractivity contribution in [1.29, 1.82) is 0 Å². The molecule has 1 fully saturated rings. The molecule has 2 aromatic carbocycles. The summed E-state index contributed by atoms with van der Waals surface area (Å²) in [5, 5.41) is 2.50. The zero-order chi connectivity index (χ0) is 25.2. The molecule has 0 saturated heterocycles. The van der Waals surface area contributed by atoms with Crippen LogP contribution in [0.3, 0.4) is 0 Å². The number of ether oxygens (including phenoxy) is 4. The van der Waals surface area contributed by atoms with Crippen molar-refractivity contribution >= 4 is 23.5 Å². The van der Waals surface area contributed by atoms with Gasteiger partial charge in [-0.1, -0.05) is 37.5 Å². The highest BCUT2D eigenvalue weighted by atomic mass is 16.5. The number of amides is 2. The molecular formula is C26H32N2O7. The van der Waals surface area contributed by atoms with Gasteiger partial charge in [0.05, 0.1) is 21.3 Å². The second-order valence-corrected chi connectivity index (χ2v) is 8.15. The Hall–Kier alpha value is -3.75. The molecule has 0 aromatic heterocycles. The van der Waals surface area contributed by atoms with Crippen molar-refractivity contribution in [2.75, 3.05) is 39.4 Å². The summed E-state index contributed by atoms with van der Waals surface area (Å²) in [4.78, 5) is 39.6. The van der Waals surface area contributed by atoms with Crippen molar-refractivity contribution in [2.24, 2.45) is 0 Å². The lowest BCUT2D eigenvalue weighted by molar-refractivity contribution is -0.146. The Morgan fingerprint density at radius 1 is 0.914 bits per heavy atom. The van der Waals surface area contributed by atoms with Crippen LogP contribution in [-0.2, 0) is 14.3 Å². The van der Waals surface area contributed by atoms with E-state index >= 15 is 0 Å². The number of methoxy groups -OCH3 is 3. The predicted molar refractivity (Wildman–Crippen MR) is 130 cm³/mol. The standard InChI is InChI=1S/C26H32N2O7/c1-32-21-14-18(15-22(33-2)25(21)34-3)26(31)27-16-24(30)35-17-23(29)28(19-10-6-4-7-11-19)20-12-8-5-9-13-20/h4,6-7,10-11,14-15,20H,5,8-9,12-13,16-17H2,1-3H3,(H,27,31). The molecule has 0 unspecified atom stereocenters. The van der Waals surface area contributed by atoms with E-state index in [4.69, 9.17) is 18.9 Å². The fourth-order valence-corrected chi connectivity index (χ4v) is 4.22. The highest BCUT2D eigenvalue weighted by Crippen LogP contribution is 2.38. The number of carbonyl (C=O) groups is 3. The average Bonchev–Trinajstić information content (AvgIpc) is 2.90. The highest BCUT2D eigenvalue weighted by molar-refractivity contribution is 5.98. The molecule has 0 radical (unpaired) electrons. The zero-order valence-electron chi connectivity index (χ0n) is 20.4. The van der Waals surface area contributed by atoms with Crippen LogP contribution < -0.4 is 24.4 Å². The highest BCUT2D eigenvalue weighted by Gasteiger charge is 2.27. The van der Waals surface area contributed by atoms with Crippen molar-refractivity contribution < 1.29 is 33.3 Å². The maximum Gasteiger partial charge on any atom is 0.325 e. The minimum atomic E-state index is -0.712. The number of rotatable bonds is 10. The van der Waals surface area contributed by atoms with Gasteiger partial charge in [0.15, 0.2) is 18.1 Å². The molecule has 2 aromatic rings. The Bertz CT molecular complexity index is 995. The molecule has 1 aliphatic rings. The molecule has 1 N–H and O–H groups in total. The first kappa shape index (κ1) is 25.9. The summed E-state index contributed by atoms with van der Waals surface area (Å²) in [6.45, 7) is -0.790. The number of anilines is 1. The van der Waals surface area contributed by atoms with Gasteiger partial charge in [-0.05, 0) is 37.1 Å². The summed E-state index contributed by atoms with van der Waals surface area (Å²) in [5.74, 6) is -0.544. The summed E-state index contributed by atoms with van der Waals surface area (Å²) >= 11 is 0. The summed E-state index contributed by atoms with van der Waals surface area (Å²) in [6, 6.07) is 12.5. The molecule has 1 saturated carbocycles. The lowest BCUT2D eigenvalue weighted by Gasteiger charge is -2.34. The van der Waals surface area contributed by atoms with E-state index in [1.165, 1.54) is 33.5 Å². The lowest BCUT2D eigenvalue weighted by atomic mass is 9.93. The van der Waals surface area contributed by atoms with Gasteiger partial charge in [-0.15, -0.1) is 0 Å². The van der Waals surface area contributed by atoms with E-state index in [9.17, 15) is 14.4 Å². The molecule has 0 aliphatic heterocycles. The van der Waals surface area contributed by atoms with Crippen molar-refractivity contribution in [2.45, 2.75) is 38.1 Å². The normalized spacial score (nSPS) is 13.5. The lowest BCUT2D eigenvalue weighted by Crippen LogP contribution is -2.44. The molecule has 9 heteroatoms. The molecule has 0 bridgehead atoms. The van der Waals surface area contributed by atoms with Crippen molar-refractivity contribution in [3.63, 3.8) is 0 Å². The number of para-hydroxylation sites is 1. The van der Waals surface area contributed by atoms with E-state index in [0.29, 0.717) is 17.2 Å². The number of nitrogens with one attached hydrogen (secondary N) is 1. The van der Waals surface area contributed by atoms with E-state index in [-0.39, 0.29) is 17.5 Å². The van der Waals surface area contributed by atoms with Crippen molar-refractivity contribution in [3.05, 3.63) is 48.0 Å². The average molecular weight is 485 g/mol. The maximum absolute atomic E-state index is 13.0. The van der Waals surface area contributed by atoms with Gasteiger partial charge >= 0.3 is 5.97 Å². The van der Waals surface area contributed by atoms with Gasteiger partial charge in [-0.2, -0.15) is 0 Å². The van der Waals surface area contributed by atoms with E-state index in [0.717, 1.165) is 37.8 Å². The maximum atomic E-state index is 13.0. The van der Waals surface area contributed by atoms with Crippen molar-refractivity contribution in [1.82, 2.24) is 5.32 Å². The minimum absolute atomic E-state index is 0.0806. The zero-order valence-corrected chi connectivity index (χ0v) is 20.4. The van der Waals surface area contributed by atoms with Gasteiger partial charge in [-0.3, -0.25) is 14.4 Å². The number of benzene rings is 2. The molecule has 35 heavy (non-hydrogen) atoms. The molecule has 2 amide bonds. The van der Waals surface area contributed by atoms with Crippen LogP contribution in [0.25, 0.3) is 0 Å². The summed E-state index contributed by atoms with van der Waals surface area (Å²) in [5.41, 5.74) is 1.01. The molecular weight excluding hydrogens is 452 g/mol. The van der Waals surface area contributed by atoms with Gasteiger partial charge in [0.2, 0.25) is 5.75 Å². The summed E-state index contributed by atoms with van der Waals surface area (Å²) in [6.07, 6.45) is 5.12. The molecule has 188 valence electrons. The summed E-state index contributed by atoms with van der Waals surface area (Å²) in [7, 11) is 4.35. The monoisotopic (exact) mass is 484 g/mol. The molecule has 9 nitrogen and oxygen atoms in total. The van der Waals surface area contributed by atoms with Crippen LogP contribution in [0.1, 0.15) is 42.5 Å². The fourth-order valence-electron chi connectivity index (χ4n) is 4.22. The number of hydrogen-bond donors (Lipinski definition) is 1. The summed E-state index contributed by atoms with van der Waals surface area (Å²) < 4.78 is 20.9. The van der Waals surface area contributed by atoms with Crippen LogP contribution in [0.2, 0.25) is 0 Å². The van der Waals surface area contributed by atoms with E-state index in [1.54, 1.807) is 4.90 Å². The SMILES string of the molecule is COc1cc(C(=O)NCC(=O)OCC(=O)N(c2ccccc2)C2CCCCC2)cc(OC)c1OC. The topological polar surface area (TPSA) is 103 Å². The first-order chi connectivity index (χ1) is 17.0. The molecule has 1 aliphatic carbocycles. The van der Waals surface area contributed by atoms with Crippen LogP contribution in [0, 0.1) is 0 Å². The van der Waals surface area contributed by atoms with Gasteiger partial charge in [-0.25, -0.2) is 0 Å². The second kappa shape index (κ2) is 12.6. The first-order valence-corrected chi connectivity index (χ1v) is 11.6. The van der Waals surface area contributed by atoms with Gasteiger partial charge in [0.25, 0.3) is 11.8 Å². The van der Waals surface area contributed by atoms with E-state index in [2.05, 4.69) is 5.32 Å². The third kappa shape index (κ3) is 6.65. The van der Waals surface area contributed by atoms with Crippen LogP contribution in [0.4, 0.5) is 5.69 Å². The Balaban J connectivity index is 1.58. The van der Waals surface area contributed by atoms with Gasteiger partial charge in [0.1, 0.15) is 6.54 Å². The molecule has 0 spiro atoms. The number of nitrogens with zero attached hydrogens (tertiary/aromatic N) is 1. The van der Waals surface area contributed by atoms with Gasteiger partial charge < -0.3 is 29.2 Å². The Morgan fingerprint density at radius 3 is 2.11 bits per heavy atom.